The number of fused-ring (bicyclic) bond motifs is 3. The molecule has 0 amide bonds. The summed E-state index contributed by atoms with van der Waals surface area (Å²) in [6.07, 6.45) is 1.11. The number of hydrogen-bond acceptors (Lipinski definition) is 1. The van der Waals surface area contributed by atoms with E-state index >= 15 is 0 Å². The normalized spacial score (nSPS) is 31.5. The maximum absolute atomic E-state index is 11.4. The summed E-state index contributed by atoms with van der Waals surface area (Å²) in [5.41, 5.74) is 2.27. The molecule has 0 aliphatic heterocycles. The van der Waals surface area contributed by atoms with E-state index in [0.717, 1.165) is 12.0 Å². The lowest BCUT2D eigenvalue weighted by molar-refractivity contribution is 0.0974. The van der Waals surface area contributed by atoms with Crippen LogP contribution in [0.5, 0.6) is 0 Å². The van der Waals surface area contributed by atoms with Gasteiger partial charge < -0.3 is 0 Å². The Morgan fingerprint density at radius 3 is 2.82 bits per heavy atom. The van der Waals surface area contributed by atoms with E-state index in [1.165, 1.54) is 5.56 Å². The van der Waals surface area contributed by atoms with Crippen LogP contribution in [0.1, 0.15) is 28.3 Å². The van der Waals surface area contributed by atoms with Gasteiger partial charge in [0.05, 0.1) is 0 Å². The van der Waals surface area contributed by atoms with E-state index in [0.29, 0.717) is 17.6 Å². The van der Waals surface area contributed by atoms with Gasteiger partial charge in [-0.2, -0.15) is 0 Å². The standard InChI is InChI=1S/C10H8O/c11-10-7-4-2-1-3-6(7)8-5-9(8)10/h1-4,8-9H,5H2/t8-,9-/m1/s1. The Bertz CT molecular complexity index is 340. The summed E-state index contributed by atoms with van der Waals surface area (Å²) in [7, 11) is 0. The Labute approximate surface area is 65.0 Å². The molecule has 1 saturated carbocycles. The molecule has 0 spiro atoms. The van der Waals surface area contributed by atoms with Crippen LogP contribution in [-0.2, 0) is 0 Å². The molecule has 1 nitrogen and oxygen atoms in total. The molecule has 0 radical (unpaired) electrons. The van der Waals surface area contributed by atoms with Gasteiger partial charge in [-0.05, 0) is 17.9 Å². The van der Waals surface area contributed by atoms with E-state index in [2.05, 4.69) is 6.07 Å². The number of carbonyl (C=O) groups is 1. The van der Waals surface area contributed by atoms with Crippen molar-refractivity contribution < 1.29 is 4.79 Å². The highest BCUT2D eigenvalue weighted by Gasteiger charge is 2.51. The lowest BCUT2D eigenvalue weighted by Gasteiger charge is -1.97. The molecule has 1 heteroatoms. The minimum absolute atomic E-state index is 0.368. The molecule has 2 aliphatic carbocycles. The first-order chi connectivity index (χ1) is 5.38. The van der Waals surface area contributed by atoms with Gasteiger partial charge >= 0.3 is 0 Å². The Morgan fingerprint density at radius 1 is 1.18 bits per heavy atom. The molecule has 1 aromatic carbocycles. The van der Waals surface area contributed by atoms with Crippen LogP contribution in [0, 0.1) is 5.92 Å². The van der Waals surface area contributed by atoms with Crippen molar-refractivity contribution in [2.45, 2.75) is 12.3 Å². The number of hydrogen-bond donors (Lipinski definition) is 0. The number of Topliss-reactive ketones (excluding diaryl/α,β-unsaturated/α-hetero) is 1. The lowest BCUT2D eigenvalue weighted by atomic mass is 10.1. The fourth-order valence-electron chi connectivity index (χ4n) is 2.07. The van der Waals surface area contributed by atoms with Gasteiger partial charge in [-0.15, -0.1) is 0 Å². The van der Waals surface area contributed by atoms with Gasteiger partial charge in [0.25, 0.3) is 0 Å². The largest absolute Gasteiger partial charge is 0.294 e. The maximum atomic E-state index is 11.4. The Morgan fingerprint density at radius 2 is 2.00 bits per heavy atom. The Kier molecular flexibility index (Phi) is 0.780. The zero-order valence-electron chi connectivity index (χ0n) is 6.08. The predicted molar refractivity (Wildman–Crippen MR) is 41.6 cm³/mol. The van der Waals surface area contributed by atoms with Gasteiger partial charge in [0, 0.05) is 11.5 Å². The van der Waals surface area contributed by atoms with E-state index in [4.69, 9.17) is 0 Å². The Balaban J connectivity index is 2.29. The van der Waals surface area contributed by atoms with Crippen LogP contribution >= 0.6 is 0 Å². The van der Waals surface area contributed by atoms with Crippen molar-refractivity contribution >= 4 is 5.78 Å². The van der Waals surface area contributed by atoms with Crippen molar-refractivity contribution in [1.82, 2.24) is 0 Å². The minimum atomic E-state index is 0.368. The summed E-state index contributed by atoms with van der Waals surface area (Å²) in [6.45, 7) is 0. The van der Waals surface area contributed by atoms with Crippen LogP contribution < -0.4 is 0 Å². The van der Waals surface area contributed by atoms with Gasteiger partial charge in [-0.25, -0.2) is 0 Å². The summed E-state index contributed by atoms with van der Waals surface area (Å²) in [5, 5.41) is 0. The zero-order valence-corrected chi connectivity index (χ0v) is 6.08. The molecule has 0 unspecified atom stereocenters. The van der Waals surface area contributed by atoms with Gasteiger partial charge in [-0.3, -0.25) is 4.79 Å². The molecule has 1 fully saturated rings. The fraction of sp³-hybridized carbons (Fsp3) is 0.300. The quantitative estimate of drug-likeness (QED) is 0.544. The van der Waals surface area contributed by atoms with E-state index in [1.807, 2.05) is 18.2 Å². The molecule has 0 N–H and O–H groups in total. The first kappa shape index (κ1) is 5.53. The van der Waals surface area contributed by atoms with Crippen molar-refractivity contribution in [2.24, 2.45) is 5.92 Å². The smallest absolute Gasteiger partial charge is 0.166 e. The van der Waals surface area contributed by atoms with Crippen LogP contribution in [0.3, 0.4) is 0 Å². The van der Waals surface area contributed by atoms with E-state index < -0.39 is 0 Å². The lowest BCUT2D eigenvalue weighted by Crippen LogP contribution is -1.96. The molecule has 0 saturated heterocycles. The number of carbonyl (C=O) groups excluding carboxylic acids is 1. The van der Waals surface area contributed by atoms with Crippen molar-refractivity contribution in [3.63, 3.8) is 0 Å². The summed E-state index contributed by atoms with van der Waals surface area (Å²) in [4.78, 5) is 11.4. The van der Waals surface area contributed by atoms with Gasteiger partial charge in [0.1, 0.15) is 0 Å². The highest BCUT2D eigenvalue weighted by Crippen LogP contribution is 2.55. The third-order valence-electron chi connectivity index (χ3n) is 2.75. The maximum Gasteiger partial charge on any atom is 0.166 e. The van der Waals surface area contributed by atoms with Crippen LogP contribution in [0.25, 0.3) is 0 Å². The first-order valence-corrected chi connectivity index (χ1v) is 4.01. The Hall–Kier alpha value is -1.11. The number of rotatable bonds is 0. The van der Waals surface area contributed by atoms with Crippen LogP contribution in [0.2, 0.25) is 0 Å². The highest BCUT2D eigenvalue weighted by atomic mass is 16.1. The predicted octanol–water partition coefficient (Wildman–Crippen LogP) is 1.99. The molecule has 3 rings (SSSR count). The van der Waals surface area contributed by atoms with E-state index in [-0.39, 0.29) is 0 Å². The monoisotopic (exact) mass is 144 g/mol. The second-order valence-electron chi connectivity index (χ2n) is 3.40. The summed E-state index contributed by atoms with van der Waals surface area (Å²) in [5.74, 6) is 1.34. The van der Waals surface area contributed by atoms with Crippen LogP contribution in [-0.4, -0.2) is 5.78 Å². The molecule has 54 valence electrons. The summed E-state index contributed by atoms with van der Waals surface area (Å²) >= 11 is 0. The van der Waals surface area contributed by atoms with Gasteiger partial charge in [0.15, 0.2) is 5.78 Å². The fourth-order valence-corrected chi connectivity index (χ4v) is 2.07. The van der Waals surface area contributed by atoms with Crippen LogP contribution in [0.4, 0.5) is 0 Å². The topological polar surface area (TPSA) is 17.1 Å². The zero-order chi connectivity index (χ0) is 7.42. The highest BCUT2D eigenvalue weighted by molar-refractivity contribution is 6.05. The third kappa shape index (κ3) is 0.543. The summed E-state index contributed by atoms with van der Waals surface area (Å²) in [6, 6.07) is 8.00. The average molecular weight is 144 g/mol. The molecular formula is C10H8O. The van der Waals surface area contributed by atoms with Crippen LogP contribution in [0.15, 0.2) is 24.3 Å². The van der Waals surface area contributed by atoms with E-state index in [1.54, 1.807) is 0 Å². The first-order valence-electron chi connectivity index (χ1n) is 4.01. The number of ketones is 1. The third-order valence-corrected chi connectivity index (χ3v) is 2.75. The van der Waals surface area contributed by atoms with Crippen molar-refractivity contribution in [3.8, 4) is 0 Å². The molecule has 0 heterocycles. The molecule has 0 bridgehead atoms. The van der Waals surface area contributed by atoms with Crippen molar-refractivity contribution in [3.05, 3.63) is 35.4 Å². The average Bonchev–Trinajstić information content (AvgIpc) is 2.78. The van der Waals surface area contributed by atoms with Crippen molar-refractivity contribution in [2.75, 3.05) is 0 Å². The molecule has 11 heavy (non-hydrogen) atoms. The summed E-state index contributed by atoms with van der Waals surface area (Å²) < 4.78 is 0. The SMILES string of the molecule is O=C1c2ccccc2[C@H]2C[C@@H]12. The molecule has 2 atom stereocenters. The molecule has 1 aromatic rings. The van der Waals surface area contributed by atoms with Crippen molar-refractivity contribution in [1.29, 1.82) is 0 Å². The van der Waals surface area contributed by atoms with Gasteiger partial charge in [0.2, 0.25) is 0 Å². The molecule has 2 aliphatic rings. The number of benzene rings is 1. The van der Waals surface area contributed by atoms with Gasteiger partial charge in [-0.1, -0.05) is 24.3 Å². The molecular weight excluding hydrogens is 136 g/mol. The minimum Gasteiger partial charge on any atom is -0.294 e. The molecule has 0 aromatic heterocycles. The second kappa shape index (κ2) is 1.55. The second-order valence-corrected chi connectivity index (χ2v) is 3.40. The van der Waals surface area contributed by atoms with E-state index in [9.17, 15) is 4.79 Å².